The molecule has 23 heavy (non-hydrogen) atoms. The fourth-order valence-corrected chi connectivity index (χ4v) is 1.82. The van der Waals surface area contributed by atoms with Gasteiger partial charge in [0.2, 0.25) is 5.89 Å². The Balaban J connectivity index is 1.91. The second-order valence-electron chi connectivity index (χ2n) is 5.40. The lowest BCUT2D eigenvalue weighted by molar-refractivity contribution is 0.0780. The number of benzene rings is 1. The largest absolute Gasteiger partial charge is 0.484 e. The van der Waals surface area contributed by atoms with Gasteiger partial charge < -0.3 is 19.0 Å². The van der Waals surface area contributed by atoms with Crippen molar-refractivity contribution in [2.75, 3.05) is 34.2 Å². The summed E-state index contributed by atoms with van der Waals surface area (Å²) in [7, 11) is 5.59. The second-order valence-corrected chi connectivity index (χ2v) is 5.40. The fourth-order valence-electron chi connectivity index (χ4n) is 1.82. The average molecular weight is 321 g/mol. The molecule has 7 heteroatoms. The molecule has 2 aromatic rings. The van der Waals surface area contributed by atoms with E-state index in [1.54, 1.807) is 24.1 Å². The number of rotatable bonds is 7. The van der Waals surface area contributed by atoms with Gasteiger partial charge in [0.05, 0.1) is 0 Å². The van der Waals surface area contributed by atoms with Crippen molar-refractivity contribution >= 4 is 5.91 Å². The quantitative estimate of drug-likeness (QED) is 0.781. The summed E-state index contributed by atoms with van der Waals surface area (Å²) in [4.78, 5) is 19.9. The van der Waals surface area contributed by atoms with E-state index in [9.17, 15) is 9.18 Å². The Bertz CT molecular complexity index is 658. The van der Waals surface area contributed by atoms with E-state index in [1.807, 2.05) is 19.0 Å². The molecule has 1 aromatic heterocycles. The van der Waals surface area contributed by atoms with Crippen molar-refractivity contribution in [1.82, 2.24) is 14.8 Å². The van der Waals surface area contributed by atoms with Crippen LogP contribution in [0.25, 0.3) is 0 Å². The molecule has 124 valence electrons. The van der Waals surface area contributed by atoms with Gasteiger partial charge in [0.15, 0.2) is 12.3 Å². The number of carbonyl (C=O) groups is 1. The normalized spacial score (nSPS) is 10.8. The molecule has 0 saturated carbocycles. The van der Waals surface area contributed by atoms with Crippen molar-refractivity contribution in [2.24, 2.45) is 0 Å². The molecular weight excluding hydrogens is 301 g/mol. The summed E-state index contributed by atoms with van der Waals surface area (Å²) >= 11 is 0. The molecule has 0 N–H and O–H groups in total. The first-order chi connectivity index (χ1) is 11.0. The molecule has 1 aromatic carbocycles. The van der Waals surface area contributed by atoms with Crippen molar-refractivity contribution < 1.29 is 18.3 Å². The maximum Gasteiger partial charge on any atom is 0.275 e. The summed E-state index contributed by atoms with van der Waals surface area (Å²) in [5.41, 5.74) is 0.226. The number of carbonyl (C=O) groups excluding carboxylic acids is 1. The molecule has 0 aliphatic carbocycles. The van der Waals surface area contributed by atoms with Crippen LogP contribution in [0.4, 0.5) is 4.39 Å². The van der Waals surface area contributed by atoms with Gasteiger partial charge in [-0.15, -0.1) is 0 Å². The Kier molecular flexibility index (Phi) is 5.70. The SMILES string of the molecule is CN(C)CCN(C)C(=O)c1coc(COc2cccc(F)c2)n1. The fraction of sp³-hybridized carbons (Fsp3) is 0.375. The van der Waals surface area contributed by atoms with Crippen LogP contribution in [0.15, 0.2) is 34.9 Å². The number of oxazole rings is 1. The molecule has 0 unspecified atom stereocenters. The van der Waals surface area contributed by atoms with Gasteiger partial charge in [-0.25, -0.2) is 9.37 Å². The van der Waals surface area contributed by atoms with Crippen molar-refractivity contribution in [1.29, 1.82) is 0 Å². The zero-order chi connectivity index (χ0) is 16.8. The predicted molar refractivity (Wildman–Crippen MR) is 82.7 cm³/mol. The zero-order valence-electron chi connectivity index (χ0n) is 13.5. The Morgan fingerprint density at radius 1 is 1.30 bits per heavy atom. The van der Waals surface area contributed by atoms with Crippen molar-refractivity contribution in [3.63, 3.8) is 0 Å². The summed E-state index contributed by atoms with van der Waals surface area (Å²) in [5, 5.41) is 0. The first-order valence-corrected chi connectivity index (χ1v) is 7.18. The maximum absolute atomic E-state index is 13.0. The summed E-state index contributed by atoms with van der Waals surface area (Å²) in [6.45, 7) is 1.38. The Labute approximate surface area is 134 Å². The number of nitrogens with zero attached hydrogens (tertiary/aromatic N) is 3. The van der Waals surface area contributed by atoms with Gasteiger partial charge in [-0.05, 0) is 26.2 Å². The molecule has 0 aliphatic heterocycles. The van der Waals surface area contributed by atoms with Crippen LogP contribution in [0.5, 0.6) is 5.75 Å². The molecule has 1 amide bonds. The topological polar surface area (TPSA) is 58.8 Å². The number of amides is 1. The molecule has 0 fully saturated rings. The molecule has 1 heterocycles. The van der Waals surface area contributed by atoms with Crippen LogP contribution in [0.1, 0.15) is 16.4 Å². The van der Waals surface area contributed by atoms with Gasteiger partial charge in [-0.2, -0.15) is 0 Å². The van der Waals surface area contributed by atoms with Gasteiger partial charge in [0, 0.05) is 26.2 Å². The molecule has 0 atom stereocenters. The van der Waals surface area contributed by atoms with E-state index in [4.69, 9.17) is 9.15 Å². The third kappa shape index (κ3) is 5.07. The van der Waals surface area contributed by atoms with Crippen LogP contribution >= 0.6 is 0 Å². The molecule has 0 aliphatic rings. The Hall–Kier alpha value is -2.41. The molecular formula is C16H20FN3O3. The summed E-state index contributed by atoms with van der Waals surface area (Å²) in [5.74, 6) is 0.0405. The van der Waals surface area contributed by atoms with Gasteiger partial charge in [-0.1, -0.05) is 6.07 Å². The lowest BCUT2D eigenvalue weighted by atomic mass is 10.3. The lowest BCUT2D eigenvalue weighted by Crippen LogP contribution is -2.33. The van der Waals surface area contributed by atoms with Crippen LogP contribution in [-0.2, 0) is 6.61 Å². The number of hydrogen-bond acceptors (Lipinski definition) is 5. The predicted octanol–water partition coefficient (Wildman–Crippen LogP) is 2.03. The summed E-state index contributed by atoms with van der Waals surface area (Å²) in [6.07, 6.45) is 1.30. The van der Waals surface area contributed by atoms with Crippen molar-refractivity contribution in [3.05, 3.63) is 47.9 Å². The molecule has 2 rings (SSSR count). The number of likely N-dealkylation sites (N-methyl/N-ethyl adjacent to an activating group) is 2. The Morgan fingerprint density at radius 3 is 2.78 bits per heavy atom. The maximum atomic E-state index is 13.0. The van der Waals surface area contributed by atoms with Crippen molar-refractivity contribution in [3.8, 4) is 5.75 Å². The zero-order valence-corrected chi connectivity index (χ0v) is 13.5. The van der Waals surface area contributed by atoms with Crippen molar-refractivity contribution in [2.45, 2.75) is 6.61 Å². The molecule has 6 nitrogen and oxygen atoms in total. The van der Waals surface area contributed by atoms with Crippen LogP contribution in [0, 0.1) is 5.82 Å². The smallest absolute Gasteiger partial charge is 0.275 e. The second kappa shape index (κ2) is 7.73. The highest BCUT2D eigenvalue weighted by atomic mass is 19.1. The third-order valence-corrected chi connectivity index (χ3v) is 3.16. The van der Waals surface area contributed by atoms with Crippen LogP contribution in [0.2, 0.25) is 0 Å². The van der Waals surface area contributed by atoms with Gasteiger partial charge in [0.25, 0.3) is 5.91 Å². The van der Waals surface area contributed by atoms with E-state index < -0.39 is 0 Å². The van der Waals surface area contributed by atoms with E-state index in [-0.39, 0.29) is 29.9 Å². The van der Waals surface area contributed by atoms with Gasteiger partial charge >= 0.3 is 0 Å². The highest BCUT2D eigenvalue weighted by Crippen LogP contribution is 2.14. The lowest BCUT2D eigenvalue weighted by Gasteiger charge is -2.18. The molecule has 0 bridgehead atoms. The highest BCUT2D eigenvalue weighted by Gasteiger charge is 2.17. The Morgan fingerprint density at radius 2 is 2.09 bits per heavy atom. The number of ether oxygens (including phenoxy) is 1. The standard InChI is InChI=1S/C16H20FN3O3/c1-19(2)7-8-20(3)16(21)14-10-23-15(18-14)11-22-13-6-4-5-12(17)9-13/h4-6,9-10H,7-8,11H2,1-3H3. The minimum Gasteiger partial charge on any atom is -0.484 e. The minimum atomic E-state index is -0.381. The van der Waals surface area contributed by atoms with Crippen LogP contribution < -0.4 is 4.74 Å². The van der Waals surface area contributed by atoms with E-state index in [1.165, 1.54) is 18.4 Å². The van der Waals surface area contributed by atoms with Crippen LogP contribution in [0.3, 0.4) is 0 Å². The number of aromatic nitrogens is 1. The third-order valence-electron chi connectivity index (χ3n) is 3.16. The molecule has 0 saturated heterocycles. The van der Waals surface area contributed by atoms with Crippen LogP contribution in [-0.4, -0.2) is 54.9 Å². The minimum absolute atomic E-state index is 0.0259. The van der Waals surface area contributed by atoms with E-state index in [0.29, 0.717) is 12.3 Å². The summed E-state index contributed by atoms with van der Waals surface area (Å²) < 4.78 is 23.7. The average Bonchev–Trinajstić information content (AvgIpc) is 2.99. The van der Waals surface area contributed by atoms with E-state index in [2.05, 4.69) is 4.98 Å². The van der Waals surface area contributed by atoms with E-state index in [0.717, 1.165) is 6.54 Å². The highest BCUT2D eigenvalue weighted by molar-refractivity contribution is 5.91. The van der Waals surface area contributed by atoms with E-state index >= 15 is 0 Å². The first kappa shape index (κ1) is 17.0. The molecule has 0 radical (unpaired) electrons. The first-order valence-electron chi connectivity index (χ1n) is 7.18. The number of halogens is 1. The monoisotopic (exact) mass is 321 g/mol. The van der Waals surface area contributed by atoms with Gasteiger partial charge in [-0.3, -0.25) is 4.79 Å². The van der Waals surface area contributed by atoms with Gasteiger partial charge in [0.1, 0.15) is 17.8 Å². The number of hydrogen-bond donors (Lipinski definition) is 0. The summed E-state index contributed by atoms with van der Waals surface area (Å²) in [6, 6.07) is 5.78. The molecule has 0 spiro atoms.